The molecule has 9 aromatic rings. The highest BCUT2D eigenvalue weighted by atomic mass is 16.5. The Hall–Kier alpha value is -7.76. The molecule has 0 radical (unpaired) electrons. The number of anilines is 3. The molecule has 0 fully saturated rings. The average molecular weight is 768 g/mol. The van der Waals surface area contributed by atoms with Gasteiger partial charge in [-0.25, -0.2) is 0 Å². The second-order valence-corrected chi connectivity index (χ2v) is 14.1. The van der Waals surface area contributed by atoms with Crippen LogP contribution in [0.4, 0.5) is 17.1 Å². The maximum Gasteiger partial charge on any atom is 0.146 e. The van der Waals surface area contributed by atoms with Crippen molar-refractivity contribution in [2.45, 2.75) is 13.2 Å². The molecule has 0 saturated heterocycles. The SMILES string of the molecule is C(=C(c1ccc(OCc2ccco2)cc1)c1ccc(OCc2ccco2)cc1)c1ccc(N(c2ccc(-c3ccccc3)cc2)c2ccc(-c3ccccc3)cc2)cc1. The van der Waals surface area contributed by atoms with Gasteiger partial charge in [0.1, 0.15) is 36.2 Å². The van der Waals surface area contributed by atoms with E-state index in [1.54, 1.807) is 12.5 Å². The molecular weight excluding hydrogens is 727 g/mol. The first-order valence-electron chi connectivity index (χ1n) is 19.7. The first kappa shape index (κ1) is 36.9. The Morgan fingerprint density at radius 1 is 0.390 bits per heavy atom. The molecule has 5 nitrogen and oxygen atoms in total. The molecular formula is C54H41NO4. The van der Waals surface area contributed by atoms with Crippen LogP contribution in [0, 0.1) is 0 Å². The van der Waals surface area contributed by atoms with Crippen LogP contribution >= 0.6 is 0 Å². The number of hydrogen-bond acceptors (Lipinski definition) is 5. The van der Waals surface area contributed by atoms with Crippen molar-refractivity contribution in [3.05, 3.63) is 247 Å². The third kappa shape index (κ3) is 8.96. The second-order valence-electron chi connectivity index (χ2n) is 14.1. The van der Waals surface area contributed by atoms with Gasteiger partial charge in [0, 0.05) is 17.1 Å². The molecule has 0 unspecified atom stereocenters. The molecule has 5 heteroatoms. The minimum atomic E-state index is 0.367. The normalized spacial score (nSPS) is 10.8. The fraction of sp³-hybridized carbons (Fsp3) is 0.0370. The molecule has 0 N–H and O–H groups in total. The zero-order valence-corrected chi connectivity index (χ0v) is 32.4. The van der Waals surface area contributed by atoms with E-state index in [2.05, 4.69) is 157 Å². The van der Waals surface area contributed by atoms with E-state index in [1.807, 2.05) is 60.7 Å². The number of rotatable bonds is 14. The lowest BCUT2D eigenvalue weighted by Crippen LogP contribution is -2.09. The Kier molecular flexibility index (Phi) is 11.0. The minimum absolute atomic E-state index is 0.367. The van der Waals surface area contributed by atoms with E-state index < -0.39 is 0 Å². The van der Waals surface area contributed by atoms with E-state index in [9.17, 15) is 0 Å². The summed E-state index contributed by atoms with van der Waals surface area (Å²) in [6.07, 6.45) is 5.54. The standard InChI is InChI=1S/C54H41NO4/c1-3-9-41(10-4-1)43-17-27-48(28-18-43)55(49-29-19-44(20-30-49)42-11-5-2-6-12-42)47-25-15-40(16-26-47)37-54(45-21-31-50(32-22-45)58-38-52-13-7-35-56-52)46-23-33-51(34-24-46)59-39-53-14-8-36-57-53/h1-37H,38-39H2. The molecule has 0 aliphatic rings. The first-order chi connectivity index (χ1) is 29.2. The van der Waals surface area contributed by atoms with Gasteiger partial charge >= 0.3 is 0 Å². The molecule has 0 saturated carbocycles. The largest absolute Gasteiger partial charge is 0.486 e. The quantitative estimate of drug-likeness (QED) is 0.103. The van der Waals surface area contributed by atoms with Crippen molar-refractivity contribution in [1.29, 1.82) is 0 Å². The molecule has 7 aromatic carbocycles. The van der Waals surface area contributed by atoms with Crippen molar-refractivity contribution < 1.29 is 18.3 Å². The molecule has 286 valence electrons. The van der Waals surface area contributed by atoms with Crippen molar-refractivity contribution in [2.75, 3.05) is 4.90 Å². The molecule has 2 heterocycles. The second kappa shape index (κ2) is 17.6. The lowest BCUT2D eigenvalue weighted by Gasteiger charge is -2.26. The Bertz CT molecular complexity index is 2520. The van der Waals surface area contributed by atoms with Gasteiger partial charge in [0.25, 0.3) is 0 Å². The lowest BCUT2D eigenvalue weighted by molar-refractivity contribution is 0.270. The molecule has 9 rings (SSSR count). The van der Waals surface area contributed by atoms with E-state index in [4.69, 9.17) is 18.3 Å². The van der Waals surface area contributed by atoms with Gasteiger partial charge in [-0.3, -0.25) is 0 Å². The molecule has 59 heavy (non-hydrogen) atoms. The van der Waals surface area contributed by atoms with Crippen LogP contribution in [-0.2, 0) is 13.2 Å². The molecule has 0 atom stereocenters. The van der Waals surface area contributed by atoms with Crippen molar-refractivity contribution in [3.8, 4) is 33.8 Å². The Labute approximate surface area is 344 Å². The van der Waals surface area contributed by atoms with Gasteiger partial charge in [0.15, 0.2) is 0 Å². The number of benzene rings is 7. The van der Waals surface area contributed by atoms with Gasteiger partial charge in [-0.15, -0.1) is 0 Å². The van der Waals surface area contributed by atoms with Crippen LogP contribution in [0.5, 0.6) is 11.5 Å². The van der Waals surface area contributed by atoms with Crippen LogP contribution in [0.1, 0.15) is 28.2 Å². The van der Waals surface area contributed by atoms with Gasteiger partial charge in [-0.05, 0) is 136 Å². The zero-order valence-electron chi connectivity index (χ0n) is 32.4. The van der Waals surface area contributed by atoms with Crippen LogP contribution < -0.4 is 14.4 Å². The summed E-state index contributed by atoms with van der Waals surface area (Å²) in [5.41, 5.74) is 12.2. The van der Waals surface area contributed by atoms with Gasteiger partial charge in [0.2, 0.25) is 0 Å². The molecule has 0 aliphatic carbocycles. The number of furan rings is 2. The van der Waals surface area contributed by atoms with Gasteiger partial charge in [-0.2, -0.15) is 0 Å². The fourth-order valence-corrected chi connectivity index (χ4v) is 7.09. The van der Waals surface area contributed by atoms with Crippen LogP contribution in [0.15, 0.2) is 228 Å². The summed E-state index contributed by atoms with van der Waals surface area (Å²) in [6, 6.07) is 71.2. The number of nitrogens with zero attached hydrogens (tertiary/aromatic N) is 1. The summed E-state index contributed by atoms with van der Waals surface area (Å²) in [7, 11) is 0. The van der Waals surface area contributed by atoms with Gasteiger partial charge in [-0.1, -0.05) is 121 Å². The summed E-state index contributed by atoms with van der Waals surface area (Å²) in [5, 5.41) is 0. The van der Waals surface area contributed by atoms with E-state index in [1.165, 1.54) is 22.3 Å². The van der Waals surface area contributed by atoms with E-state index in [0.717, 1.165) is 62.3 Å². The highest BCUT2D eigenvalue weighted by Gasteiger charge is 2.14. The topological polar surface area (TPSA) is 48.0 Å². The average Bonchev–Trinajstić information content (AvgIpc) is 4.05. The Morgan fingerprint density at radius 3 is 1.17 bits per heavy atom. The van der Waals surface area contributed by atoms with Crippen LogP contribution in [0.3, 0.4) is 0 Å². The molecule has 0 aliphatic heterocycles. The maximum absolute atomic E-state index is 6.01. The van der Waals surface area contributed by atoms with Crippen molar-refractivity contribution in [3.63, 3.8) is 0 Å². The van der Waals surface area contributed by atoms with E-state index in [0.29, 0.717) is 13.2 Å². The minimum Gasteiger partial charge on any atom is -0.486 e. The summed E-state index contributed by atoms with van der Waals surface area (Å²) >= 11 is 0. The number of hydrogen-bond donors (Lipinski definition) is 0. The van der Waals surface area contributed by atoms with Crippen molar-refractivity contribution >= 4 is 28.7 Å². The monoisotopic (exact) mass is 767 g/mol. The van der Waals surface area contributed by atoms with Crippen molar-refractivity contribution in [2.24, 2.45) is 0 Å². The highest BCUT2D eigenvalue weighted by molar-refractivity contribution is 5.92. The van der Waals surface area contributed by atoms with E-state index >= 15 is 0 Å². The van der Waals surface area contributed by atoms with Gasteiger partial charge in [0.05, 0.1) is 12.5 Å². The Balaban J connectivity index is 1.03. The van der Waals surface area contributed by atoms with Gasteiger partial charge < -0.3 is 23.2 Å². The van der Waals surface area contributed by atoms with Crippen molar-refractivity contribution in [1.82, 2.24) is 0 Å². The predicted molar refractivity (Wildman–Crippen MR) is 238 cm³/mol. The summed E-state index contributed by atoms with van der Waals surface area (Å²) in [4.78, 5) is 2.31. The molecule has 2 aromatic heterocycles. The predicted octanol–water partition coefficient (Wildman–Crippen LogP) is 14.4. The summed E-state index contributed by atoms with van der Waals surface area (Å²) in [5.74, 6) is 3.09. The number of ether oxygens (including phenoxy) is 2. The first-order valence-corrected chi connectivity index (χ1v) is 19.7. The third-order valence-corrected chi connectivity index (χ3v) is 10.2. The van der Waals surface area contributed by atoms with Crippen LogP contribution in [-0.4, -0.2) is 0 Å². The molecule has 0 spiro atoms. The summed E-state index contributed by atoms with van der Waals surface area (Å²) in [6.45, 7) is 0.735. The smallest absolute Gasteiger partial charge is 0.146 e. The van der Waals surface area contributed by atoms with E-state index in [-0.39, 0.29) is 0 Å². The fourth-order valence-electron chi connectivity index (χ4n) is 7.09. The third-order valence-electron chi connectivity index (χ3n) is 10.2. The molecule has 0 bridgehead atoms. The van der Waals surface area contributed by atoms with Crippen LogP contribution in [0.25, 0.3) is 33.9 Å². The summed E-state index contributed by atoms with van der Waals surface area (Å²) < 4.78 is 22.9. The van der Waals surface area contributed by atoms with Crippen LogP contribution in [0.2, 0.25) is 0 Å². The zero-order chi connectivity index (χ0) is 39.6. The lowest BCUT2D eigenvalue weighted by atomic mass is 9.95. The highest BCUT2D eigenvalue weighted by Crippen LogP contribution is 2.38. The maximum atomic E-state index is 6.01. The Morgan fingerprint density at radius 2 is 0.780 bits per heavy atom. The molecule has 0 amide bonds.